The van der Waals surface area contributed by atoms with Gasteiger partial charge in [0.15, 0.2) is 5.15 Å². The van der Waals surface area contributed by atoms with Gasteiger partial charge in [-0.3, -0.25) is 4.79 Å². The first-order chi connectivity index (χ1) is 8.99. The van der Waals surface area contributed by atoms with E-state index in [0.717, 1.165) is 15.6 Å². The van der Waals surface area contributed by atoms with Crippen molar-refractivity contribution in [1.82, 2.24) is 4.98 Å². The summed E-state index contributed by atoms with van der Waals surface area (Å²) >= 11 is 9.39. The Morgan fingerprint density at radius 2 is 2.00 bits per heavy atom. The Morgan fingerprint density at radius 3 is 2.63 bits per heavy atom. The Hall–Kier alpha value is -1.39. The predicted molar refractivity (Wildman–Crippen MR) is 80.8 cm³/mol. The smallest absolute Gasteiger partial charge is 0.255 e. The molecule has 0 aliphatic rings. The molecule has 0 aliphatic carbocycles. The van der Waals surface area contributed by atoms with Gasteiger partial charge in [-0.2, -0.15) is 0 Å². The van der Waals surface area contributed by atoms with Gasteiger partial charge in [0.2, 0.25) is 0 Å². The van der Waals surface area contributed by atoms with Crippen molar-refractivity contribution >= 4 is 39.1 Å². The van der Waals surface area contributed by atoms with Crippen LogP contribution in [0.5, 0.6) is 0 Å². The fourth-order valence-electron chi connectivity index (χ4n) is 1.60. The van der Waals surface area contributed by atoms with Gasteiger partial charge in [-0.15, -0.1) is 0 Å². The van der Waals surface area contributed by atoms with Gasteiger partial charge in [0.1, 0.15) is 0 Å². The number of pyridine rings is 1. The molecule has 1 N–H and O–H groups in total. The van der Waals surface area contributed by atoms with E-state index in [1.165, 1.54) is 0 Å². The second-order valence-electron chi connectivity index (χ2n) is 4.21. The third-order valence-corrected chi connectivity index (χ3v) is 3.93. The topological polar surface area (TPSA) is 42.0 Å². The van der Waals surface area contributed by atoms with E-state index in [1.54, 1.807) is 24.4 Å². The molecule has 0 saturated carbocycles. The number of carbonyl (C=O) groups is 1. The fourth-order valence-corrected chi connectivity index (χ4v) is 2.23. The molecule has 0 aliphatic heterocycles. The van der Waals surface area contributed by atoms with Gasteiger partial charge in [-0.25, -0.2) is 4.98 Å². The molecule has 1 aromatic carbocycles. The van der Waals surface area contributed by atoms with E-state index in [9.17, 15) is 4.79 Å². The van der Waals surface area contributed by atoms with Gasteiger partial charge in [0.05, 0.1) is 5.69 Å². The Morgan fingerprint density at radius 1 is 1.26 bits per heavy atom. The normalized spacial score (nSPS) is 10.3. The molecule has 1 heterocycles. The lowest BCUT2D eigenvalue weighted by atomic mass is 10.1. The molecule has 0 spiro atoms. The van der Waals surface area contributed by atoms with Gasteiger partial charge in [0, 0.05) is 16.2 Å². The molecule has 1 aromatic heterocycles. The molecule has 0 unspecified atom stereocenters. The molecule has 98 valence electrons. The second-order valence-corrected chi connectivity index (χ2v) is 5.42. The van der Waals surface area contributed by atoms with Crippen LogP contribution in [0.2, 0.25) is 5.15 Å². The largest absolute Gasteiger partial charge is 0.319 e. The van der Waals surface area contributed by atoms with Crippen LogP contribution in [0.25, 0.3) is 0 Å². The van der Waals surface area contributed by atoms with E-state index in [1.807, 2.05) is 19.9 Å². The number of amides is 1. The number of halogens is 2. The quantitative estimate of drug-likeness (QED) is 0.826. The Balaban J connectivity index is 2.28. The van der Waals surface area contributed by atoms with E-state index in [-0.39, 0.29) is 5.91 Å². The van der Waals surface area contributed by atoms with Crippen LogP contribution in [-0.2, 0) is 0 Å². The summed E-state index contributed by atoms with van der Waals surface area (Å²) in [7, 11) is 0. The Bertz CT molecular complexity index is 623. The highest BCUT2D eigenvalue weighted by molar-refractivity contribution is 9.10. The lowest BCUT2D eigenvalue weighted by Gasteiger charge is -2.10. The highest BCUT2D eigenvalue weighted by Crippen LogP contribution is 2.24. The van der Waals surface area contributed by atoms with Crippen LogP contribution in [0, 0.1) is 13.8 Å². The summed E-state index contributed by atoms with van der Waals surface area (Å²) in [5.74, 6) is -0.210. The first-order valence-electron chi connectivity index (χ1n) is 5.67. The zero-order valence-corrected chi connectivity index (χ0v) is 12.8. The molecule has 0 saturated heterocycles. The number of benzene rings is 1. The maximum atomic E-state index is 12.2. The van der Waals surface area contributed by atoms with Gasteiger partial charge in [-0.05, 0) is 43.2 Å². The first kappa shape index (κ1) is 14.0. The molecule has 0 fully saturated rings. The van der Waals surface area contributed by atoms with Gasteiger partial charge in [-0.1, -0.05) is 33.6 Å². The molecular formula is C14H12BrClN2O. The number of anilines is 1. The highest BCUT2D eigenvalue weighted by atomic mass is 79.9. The Kier molecular flexibility index (Phi) is 4.22. The lowest BCUT2D eigenvalue weighted by Crippen LogP contribution is -2.13. The van der Waals surface area contributed by atoms with Crippen LogP contribution in [0.15, 0.2) is 34.9 Å². The molecule has 0 radical (unpaired) electrons. The van der Waals surface area contributed by atoms with Crippen molar-refractivity contribution in [2.45, 2.75) is 13.8 Å². The lowest BCUT2D eigenvalue weighted by molar-refractivity contribution is 0.102. The molecule has 1 amide bonds. The van der Waals surface area contributed by atoms with Crippen LogP contribution < -0.4 is 5.32 Å². The highest BCUT2D eigenvalue weighted by Gasteiger charge is 2.12. The van der Waals surface area contributed by atoms with Crippen LogP contribution in [0.4, 0.5) is 5.69 Å². The number of nitrogens with one attached hydrogen (secondary N) is 1. The van der Waals surface area contributed by atoms with Crippen LogP contribution >= 0.6 is 27.5 Å². The van der Waals surface area contributed by atoms with Crippen molar-refractivity contribution in [2.24, 2.45) is 0 Å². The summed E-state index contributed by atoms with van der Waals surface area (Å²) in [6.45, 7) is 3.84. The SMILES string of the molecule is Cc1ccc(C(=O)Nc2c(C)ccnc2Cl)cc1Br. The van der Waals surface area contributed by atoms with E-state index < -0.39 is 0 Å². The molecule has 2 rings (SSSR count). The third kappa shape index (κ3) is 3.14. The molecule has 3 nitrogen and oxygen atoms in total. The maximum Gasteiger partial charge on any atom is 0.255 e. The van der Waals surface area contributed by atoms with Crippen LogP contribution in [0.3, 0.4) is 0 Å². The number of hydrogen-bond acceptors (Lipinski definition) is 2. The van der Waals surface area contributed by atoms with Crippen LogP contribution in [-0.4, -0.2) is 10.9 Å². The second kappa shape index (κ2) is 5.72. The van der Waals surface area contributed by atoms with Crippen molar-refractivity contribution in [1.29, 1.82) is 0 Å². The fraction of sp³-hybridized carbons (Fsp3) is 0.143. The van der Waals surface area contributed by atoms with E-state index >= 15 is 0 Å². The molecule has 2 aromatic rings. The average molecular weight is 340 g/mol. The number of hydrogen-bond donors (Lipinski definition) is 1. The zero-order valence-electron chi connectivity index (χ0n) is 10.5. The van der Waals surface area contributed by atoms with E-state index in [0.29, 0.717) is 16.4 Å². The van der Waals surface area contributed by atoms with Crippen molar-refractivity contribution in [3.8, 4) is 0 Å². The molecule has 5 heteroatoms. The van der Waals surface area contributed by atoms with Crippen molar-refractivity contribution in [2.75, 3.05) is 5.32 Å². The van der Waals surface area contributed by atoms with Gasteiger partial charge in [0.25, 0.3) is 5.91 Å². The van der Waals surface area contributed by atoms with Gasteiger partial charge < -0.3 is 5.32 Å². The number of aromatic nitrogens is 1. The maximum absolute atomic E-state index is 12.2. The summed E-state index contributed by atoms with van der Waals surface area (Å²) in [6.07, 6.45) is 1.61. The molecule has 0 atom stereocenters. The number of nitrogens with zero attached hydrogens (tertiary/aromatic N) is 1. The third-order valence-electron chi connectivity index (χ3n) is 2.79. The molecular weight excluding hydrogens is 328 g/mol. The number of aryl methyl sites for hydroxylation is 2. The summed E-state index contributed by atoms with van der Waals surface area (Å²) in [4.78, 5) is 16.1. The van der Waals surface area contributed by atoms with Crippen molar-refractivity contribution in [3.63, 3.8) is 0 Å². The van der Waals surface area contributed by atoms with Crippen molar-refractivity contribution in [3.05, 3.63) is 56.8 Å². The number of carbonyl (C=O) groups excluding carboxylic acids is 1. The Labute approximate surface area is 125 Å². The summed E-state index contributed by atoms with van der Waals surface area (Å²) < 4.78 is 0.897. The minimum atomic E-state index is -0.210. The summed E-state index contributed by atoms with van der Waals surface area (Å²) in [5.41, 5.74) is 3.06. The monoisotopic (exact) mass is 338 g/mol. The minimum Gasteiger partial charge on any atom is -0.319 e. The minimum absolute atomic E-state index is 0.210. The van der Waals surface area contributed by atoms with Crippen molar-refractivity contribution < 1.29 is 4.79 Å². The number of rotatable bonds is 2. The predicted octanol–water partition coefficient (Wildman–Crippen LogP) is 4.37. The summed E-state index contributed by atoms with van der Waals surface area (Å²) in [6, 6.07) is 7.24. The zero-order chi connectivity index (χ0) is 14.0. The van der Waals surface area contributed by atoms with E-state index in [2.05, 4.69) is 26.2 Å². The standard InChI is InChI=1S/C14H12BrClN2O/c1-8-3-4-10(7-11(8)15)14(19)18-12-9(2)5-6-17-13(12)16/h3-7H,1-2H3,(H,18,19). The van der Waals surface area contributed by atoms with Gasteiger partial charge >= 0.3 is 0 Å². The average Bonchev–Trinajstić information content (AvgIpc) is 2.37. The summed E-state index contributed by atoms with van der Waals surface area (Å²) in [5, 5.41) is 3.08. The van der Waals surface area contributed by atoms with Crippen LogP contribution in [0.1, 0.15) is 21.5 Å². The first-order valence-corrected chi connectivity index (χ1v) is 6.84. The molecule has 0 bridgehead atoms. The molecule has 19 heavy (non-hydrogen) atoms. The van der Waals surface area contributed by atoms with E-state index in [4.69, 9.17) is 11.6 Å².